The van der Waals surface area contributed by atoms with E-state index in [1.165, 1.54) is 18.9 Å². The molecule has 0 saturated heterocycles. The van der Waals surface area contributed by atoms with Crippen molar-refractivity contribution in [2.45, 2.75) is 17.7 Å². The zero-order valence-electron chi connectivity index (χ0n) is 10.9. The SMILES string of the molecule is COC(=O)CCCNC(=O)CSc1c(Cl)cccc1Cl. The molecular formula is C13H15Cl2NO3S. The number of hydrogen-bond donors (Lipinski definition) is 1. The Balaban J connectivity index is 2.28. The van der Waals surface area contributed by atoms with Crippen LogP contribution in [0.4, 0.5) is 0 Å². The first-order valence-corrected chi connectivity index (χ1v) is 7.69. The number of amides is 1. The average molecular weight is 336 g/mol. The number of methoxy groups -OCH3 is 1. The molecule has 0 bridgehead atoms. The topological polar surface area (TPSA) is 55.4 Å². The maximum absolute atomic E-state index is 11.6. The third kappa shape index (κ3) is 6.03. The van der Waals surface area contributed by atoms with Crippen LogP contribution in [0.3, 0.4) is 0 Å². The molecule has 0 aliphatic heterocycles. The highest BCUT2D eigenvalue weighted by Crippen LogP contribution is 2.33. The van der Waals surface area contributed by atoms with Gasteiger partial charge in [-0.3, -0.25) is 9.59 Å². The number of carbonyl (C=O) groups is 2. The summed E-state index contributed by atoms with van der Waals surface area (Å²) < 4.78 is 4.50. The summed E-state index contributed by atoms with van der Waals surface area (Å²) in [6.45, 7) is 0.435. The van der Waals surface area contributed by atoms with Crippen LogP contribution < -0.4 is 5.32 Å². The van der Waals surface area contributed by atoms with Gasteiger partial charge in [-0.1, -0.05) is 29.3 Å². The van der Waals surface area contributed by atoms with E-state index in [1.807, 2.05) is 0 Å². The largest absolute Gasteiger partial charge is 0.469 e. The van der Waals surface area contributed by atoms with E-state index in [0.29, 0.717) is 34.3 Å². The minimum Gasteiger partial charge on any atom is -0.469 e. The lowest BCUT2D eigenvalue weighted by molar-refractivity contribution is -0.140. The first kappa shape index (κ1) is 17.1. The van der Waals surface area contributed by atoms with Crippen LogP contribution in [0.15, 0.2) is 23.1 Å². The van der Waals surface area contributed by atoms with E-state index < -0.39 is 0 Å². The van der Waals surface area contributed by atoms with Crippen molar-refractivity contribution >= 4 is 46.8 Å². The monoisotopic (exact) mass is 335 g/mol. The molecule has 7 heteroatoms. The number of nitrogens with one attached hydrogen (secondary N) is 1. The fourth-order valence-electron chi connectivity index (χ4n) is 1.37. The molecule has 1 rings (SSSR count). The molecule has 4 nitrogen and oxygen atoms in total. The number of benzene rings is 1. The number of thioether (sulfide) groups is 1. The first-order valence-electron chi connectivity index (χ1n) is 5.95. The van der Waals surface area contributed by atoms with Crippen LogP contribution in [0.1, 0.15) is 12.8 Å². The van der Waals surface area contributed by atoms with Crippen LogP contribution in [0.5, 0.6) is 0 Å². The third-order valence-electron chi connectivity index (χ3n) is 2.37. The lowest BCUT2D eigenvalue weighted by Gasteiger charge is -2.07. The Bertz CT molecular complexity index is 462. The molecule has 0 radical (unpaired) electrons. The van der Waals surface area contributed by atoms with E-state index in [-0.39, 0.29) is 17.6 Å². The summed E-state index contributed by atoms with van der Waals surface area (Å²) >= 11 is 13.3. The molecule has 110 valence electrons. The second-order valence-electron chi connectivity index (χ2n) is 3.87. The normalized spacial score (nSPS) is 10.2. The Kier molecular flexibility index (Phi) is 7.80. The lowest BCUT2D eigenvalue weighted by Crippen LogP contribution is -2.26. The van der Waals surface area contributed by atoms with Gasteiger partial charge in [0.25, 0.3) is 0 Å². The summed E-state index contributed by atoms with van der Waals surface area (Å²) in [6, 6.07) is 5.20. The van der Waals surface area contributed by atoms with E-state index >= 15 is 0 Å². The Morgan fingerprint density at radius 3 is 2.55 bits per heavy atom. The maximum Gasteiger partial charge on any atom is 0.305 e. The van der Waals surface area contributed by atoms with E-state index in [2.05, 4.69) is 10.1 Å². The molecule has 0 aliphatic carbocycles. The van der Waals surface area contributed by atoms with Crippen molar-refractivity contribution in [3.63, 3.8) is 0 Å². The van der Waals surface area contributed by atoms with Crippen LogP contribution in [0.25, 0.3) is 0 Å². The van der Waals surface area contributed by atoms with Crippen molar-refractivity contribution in [1.29, 1.82) is 0 Å². The second-order valence-corrected chi connectivity index (χ2v) is 5.67. The highest BCUT2D eigenvalue weighted by molar-refractivity contribution is 8.00. The zero-order chi connectivity index (χ0) is 15.0. The number of halogens is 2. The predicted molar refractivity (Wildman–Crippen MR) is 81.4 cm³/mol. The highest BCUT2D eigenvalue weighted by atomic mass is 35.5. The molecule has 1 amide bonds. The first-order chi connectivity index (χ1) is 9.54. The van der Waals surface area contributed by atoms with Crippen molar-refractivity contribution in [2.75, 3.05) is 19.4 Å². The van der Waals surface area contributed by atoms with Gasteiger partial charge in [0.2, 0.25) is 5.91 Å². The van der Waals surface area contributed by atoms with Crippen LogP contribution in [0.2, 0.25) is 10.0 Å². The Hall–Kier alpha value is -0.910. The Morgan fingerprint density at radius 2 is 1.95 bits per heavy atom. The van der Waals surface area contributed by atoms with Gasteiger partial charge in [0, 0.05) is 17.9 Å². The average Bonchev–Trinajstić information content (AvgIpc) is 2.42. The molecule has 1 aromatic rings. The summed E-state index contributed by atoms with van der Waals surface area (Å²) in [5, 5.41) is 3.77. The summed E-state index contributed by atoms with van der Waals surface area (Å²) in [5.74, 6) is -0.186. The second kappa shape index (κ2) is 9.10. The van der Waals surface area contributed by atoms with E-state index in [0.717, 1.165) is 0 Å². The van der Waals surface area contributed by atoms with Gasteiger partial charge < -0.3 is 10.1 Å². The van der Waals surface area contributed by atoms with Crippen LogP contribution in [-0.4, -0.2) is 31.3 Å². The quantitative estimate of drug-likeness (QED) is 0.472. The van der Waals surface area contributed by atoms with E-state index in [9.17, 15) is 9.59 Å². The zero-order valence-corrected chi connectivity index (χ0v) is 13.3. The van der Waals surface area contributed by atoms with Gasteiger partial charge in [-0.15, -0.1) is 11.8 Å². The van der Waals surface area contributed by atoms with E-state index in [4.69, 9.17) is 23.2 Å². The van der Waals surface area contributed by atoms with Crippen molar-refractivity contribution < 1.29 is 14.3 Å². The van der Waals surface area contributed by atoms with Gasteiger partial charge in [-0.05, 0) is 18.6 Å². The molecule has 0 unspecified atom stereocenters. The molecule has 0 heterocycles. The number of rotatable bonds is 7. The number of carbonyl (C=O) groups excluding carboxylic acids is 2. The van der Waals surface area contributed by atoms with Crippen molar-refractivity contribution in [1.82, 2.24) is 5.32 Å². The molecule has 1 aromatic carbocycles. The van der Waals surface area contributed by atoms with Gasteiger partial charge in [-0.25, -0.2) is 0 Å². The van der Waals surface area contributed by atoms with E-state index in [1.54, 1.807) is 18.2 Å². The van der Waals surface area contributed by atoms with Gasteiger partial charge in [0.1, 0.15) is 0 Å². The fourth-order valence-corrected chi connectivity index (χ4v) is 2.89. The molecule has 0 aliphatic rings. The third-order valence-corrected chi connectivity index (χ3v) is 4.36. The number of ether oxygens (including phenoxy) is 1. The minimum absolute atomic E-state index is 0.129. The molecule has 0 saturated carbocycles. The number of hydrogen-bond acceptors (Lipinski definition) is 4. The molecular weight excluding hydrogens is 321 g/mol. The Labute approximate surface area is 132 Å². The van der Waals surface area contributed by atoms with Crippen molar-refractivity contribution in [3.8, 4) is 0 Å². The maximum atomic E-state index is 11.6. The molecule has 20 heavy (non-hydrogen) atoms. The predicted octanol–water partition coefficient (Wildman–Crippen LogP) is 3.15. The summed E-state index contributed by atoms with van der Waals surface area (Å²) in [5.41, 5.74) is 0. The van der Waals surface area contributed by atoms with Gasteiger partial charge in [0.15, 0.2) is 0 Å². The number of esters is 1. The van der Waals surface area contributed by atoms with Crippen molar-refractivity contribution in [2.24, 2.45) is 0 Å². The standard InChI is InChI=1S/C13H15Cl2NO3S/c1-19-12(18)6-3-7-16-11(17)8-20-13-9(14)4-2-5-10(13)15/h2,4-5H,3,6-8H2,1H3,(H,16,17). The van der Waals surface area contributed by atoms with Gasteiger partial charge >= 0.3 is 5.97 Å². The molecule has 0 atom stereocenters. The summed E-state index contributed by atoms with van der Waals surface area (Å²) in [4.78, 5) is 23.2. The molecule has 0 fully saturated rings. The summed E-state index contributed by atoms with van der Waals surface area (Å²) in [6.07, 6.45) is 0.843. The van der Waals surface area contributed by atoms with Crippen molar-refractivity contribution in [3.05, 3.63) is 28.2 Å². The fraction of sp³-hybridized carbons (Fsp3) is 0.385. The van der Waals surface area contributed by atoms with Gasteiger partial charge in [0.05, 0.1) is 22.9 Å². The minimum atomic E-state index is -0.281. The molecule has 0 spiro atoms. The molecule has 1 N–H and O–H groups in total. The van der Waals surface area contributed by atoms with Crippen LogP contribution in [0, 0.1) is 0 Å². The van der Waals surface area contributed by atoms with Crippen LogP contribution in [-0.2, 0) is 14.3 Å². The lowest BCUT2D eigenvalue weighted by atomic mass is 10.3. The van der Waals surface area contributed by atoms with Crippen LogP contribution >= 0.6 is 35.0 Å². The smallest absolute Gasteiger partial charge is 0.305 e. The highest BCUT2D eigenvalue weighted by Gasteiger charge is 2.09. The van der Waals surface area contributed by atoms with Gasteiger partial charge in [-0.2, -0.15) is 0 Å². The summed E-state index contributed by atoms with van der Waals surface area (Å²) in [7, 11) is 1.34. The Morgan fingerprint density at radius 1 is 1.30 bits per heavy atom. The molecule has 0 aromatic heterocycles.